The molecule has 1 heterocycles. The predicted molar refractivity (Wildman–Crippen MR) is 72.4 cm³/mol. The number of aromatic amines is 1. The Bertz CT molecular complexity index is 774. The molecule has 1 unspecified atom stereocenters. The van der Waals surface area contributed by atoms with Crippen molar-refractivity contribution in [2.75, 3.05) is 13.7 Å². The molecular formula is C13H14N2O5. The van der Waals surface area contributed by atoms with E-state index in [4.69, 9.17) is 9.84 Å². The maximum absolute atomic E-state index is 12.0. The highest BCUT2D eigenvalue weighted by Crippen LogP contribution is 2.15. The van der Waals surface area contributed by atoms with Crippen molar-refractivity contribution >= 4 is 17.0 Å². The summed E-state index contributed by atoms with van der Waals surface area (Å²) in [7, 11) is 1.49. The van der Waals surface area contributed by atoms with Crippen LogP contribution >= 0.6 is 0 Å². The van der Waals surface area contributed by atoms with Crippen LogP contribution in [0, 0.1) is 0 Å². The minimum absolute atomic E-state index is 0.0438. The van der Waals surface area contributed by atoms with Crippen molar-refractivity contribution in [2.24, 2.45) is 0 Å². The lowest BCUT2D eigenvalue weighted by atomic mass is 10.2. The van der Waals surface area contributed by atoms with Crippen LogP contribution in [-0.4, -0.2) is 34.3 Å². The SMILES string of the molecule is COCC(C)n1c(=O)c(=O)[nH]c2ccc(C(=O)O)cc21. The van der Waals surface area contributed by atoms with Crippen molar-refractivity contribution in [1.82, 2.24) is 9.55 Å². The highest BCUT2D eigenvalue weighted by molar-refractivity contribution is 5.92. The fourth-order valence-corrected chi connectivity index (χ4v) is 2.12. The average Bonchev–Trinajstić information content (AvgIpc) is 2.39. The lowest BCUT2D eigenvalue weighted by molar-refractivity contribution is 0.0697. The molecule has 2 aromatic rings. The molecule has 0 aliphatic heterocycles. The van der Waals surface area contributed by atoms with Gasteiger partial charge in [-0.1, -0.05) is 0 Å². The van der Waals surface area contributed by atoms with Crippen LogP contribution in [0.1, 0.15) is 23.3 Å². The second-order valence-corrected chi connectivity index (χ2v) is 4.47. The molecule has 0 fully saturated rings. The Morgan fingerprint density at radius 1 is 1.45 bits per heavy atom. The Morgan fingerprint density at radius 2 is 2.15 bits per heavy atom. The standard InChI is InChI=1S/C13H14N2O5/c1-7(6-20-2)15-10-5-8(13(18)19)3-4-9(10)14-11(16)12(15)17/h3-5,7H,6H2,1-2H3,(H,14,16)(H,18,19). The van der Waals surface area contributed by atoms with Crippen LogP contribution in [0.3, 0.4) is 0 Å². The molecule has 20 heavy (non-hydrogen) atoms. The minimum atomic E-state index is -1.10. The zero-order valence-electron chi connectivity index (χ0n) is 11.0. The summed E-state index contributed by atoms with van der Waals surface area (Å²) >= 11 is 0. The lowest BCUT2D eigenvalue weighted by Crippen LogP contribution is -2.38. The topological polar surface area (TPSA) is 101 Å². The van der Waals surface area contributed by atoms with Crippen LogP contribution in [0.2, 0.25) is 0 Å². The first kappa shape index (κ1) is 14.0. The number of aromatic nitrogens is 2. The number of hydrogen-bond acceptors (Lipinski definition) is 4. The van der Waals surface area contributed by atoms with E-state index in [9.17, 15) is 14.4 Å². The molecule has 2 N–H and O–H groups in total. The van der Waals surface area contributed by atoms with Crippen LogP contribution in [-0.2, 0) is 4.74 Å². The van der Waals surface area contributed by atoms with Gasteiger partial charge in [0.05, 0.1) is 29.2 Å². The molecule has 7 heteroatoms. The number of H-pyrrole nitrogens is 1. The molecule has 2 rings (SSSR count). The summed E-state index contributed by atoms with van der Waals surface area (Å²) in [5, 5.41) is 9.02. The van der Waals surface area contributed by atoms with Crippen molar-refractivity contribution in [3.8, 4) is 0 Å². The smallest absolute Gasteiger partial charge is 0.335 e. The highest BCUT2D eigenvalue weighted by Gasteiger charge is 2.15. The normalized spacial score (nSPS) is 12.5. The van der Waals surface area contributed by atoms with Crippen molar-refractivity contribution in [1.29, 1.82) is 0 Å². The molecule has 0 spiro atoms. The van der Waals surface area contributed by atoms with Crippen LogP contribution in [0.4, 0.5) is 0 Å². The third-order valence-corrected chi connectivity index (χ3v) is 3.01. The van der Waals surface area contributed by atoms with Crippen molar-refractivity contribution < 1.29 is 14.6 Å². The molecule has 0 amide bonds. The number of aromatic carboxylic acids is 1. The molecule has 0 aliphatic rings. The quantitative estimate of drug-likeness (QED) is 0.797. The van der Waals surface area contributed by atoms with E-state index in [1.807, 2.05) is 0 Å². The Balaban J connectivity index is 2.83. The Morgan fingerprint density at radius 3 is 2.75 bits per heavy atom. The number of rotatable bonds is 4. The Labute approximate surface area is 113 Å². The van der Waals surface area contributed by atoms with E-state index in [0.717, 1.165) is 0 Å². The van der Waals surface area contributed by atoms with Gasteiger partial charge in [-0.15, -0.1) is 0 Å². The Hall–Kier alpha value is -2.41. The first-order valence-corrected chi connectivity index (χ1v) is 5.96. The van der Waals surface area contributed by atoms with Crippen LogP contribution in [0.25, 0.3) is 11.0 Å². The molecule has 1 aromatic carbocycles. The summed E-state index contributed by atoms with van der Waals surface area (Å²) in [5.74, 6) is -1.10. The highest BCUT2D eigenvalue weighted by atomic mass is 16.5. The molecule has 0 bridgehead atoms. The molecule has 0 aliphatic carbocycles. The zero-order chi connectivity index (χ0) is 14.9. The monoisotopic (exact) mass is 278 g/mol. The molecule has 106 valence electrons. The second kappa shape index (κ2) is 5.30. The van der Waals surface area contributed by atoms with Gasteiger partial charge in [0.2, 0.25) is 0 Å². The number of ether oxygens (including phenoxy) is 1. The molecule has 0 saturated carbocycles. The molecular weight excluding hydrogens is 264 g/mol. The maximum atomic E-state index is 12.0. The molecule has 0 radical (unpaired) electrons. The molecule has 7 nitrogen and oxygen atoms in total. The summed E-state index contributed by atoms with van der Waals surface area (Å²) in [6.07, 6.45) is 0. The maximum Gasteiger partial charge on any atom is 0.335 e. The average molecular weight is 278 g/mol. The summed E-state index contributed by atoms with van der Waals surface area (Å²) in [6.45, 7) is 1.95. The van der Waals surface area contributed by atoms with Gasteiger partial charge in [0.1, 0.15) is 0 Å². The number of methoxy groups -OCH3 is 1. The van der Waals surface area contributed by atoms with Gasteiger partial charge in [0.15, 0.2) is 0 Å². The summed E-state index contributed by atoms with van der Waals surface area (Å²) in [5.41, 5.74) is -0.669. The van der Waals surface area contributed by atoms with Gasteiger partial charge >= 0.3 is 17.1 Å². The third-order valence-electron chi connectivity index (χ3n) is 3.01. The van der Waals surface area contributed by atoms with E-state index >= 15 is 0 Å². The van der Waals surface area contributed by atoms with Crippen molar-refractivity contribution in [2.45, 2.75) is 13.0 Å². The van der Waals surface area contributed by atoms with Crippen LogP contribution < -0.4 is 11.1 Å². The number of nitrogens with one attached hydrogen (secondary N) is 1. The van der Waals surface area contributed by atoms with E-state index in [-0.39, 0.29) is 18.2 Å². The van der Waals surface area contributed by atoms with Gasteiger partial charge in [-0.3, -0.25) is 14.2 Å². The number of carboxylic acids is 1. The van der Waals surface area contributed by atoms with Gasteiger partial charge in [0, 0.05) is 7.11 Å². The van der Waals surface area contributed by atoms with Crippen LogP contribution in [0.15, 0.2) is 27.8 Å². The van der Waals surface area contributed by atoms with Gasteiger partial charge in [0.25, 0.3) is 0 Å². The number of hydrogen-bond donors (Lipinski definition) is 2. The summed E-state index contributed by atoms with van der Waals surface area (Å²) < 4.78 is 6.25. The number of carboxylic acid groups (broad SMARTS) is 1. The molecule has 1 atom stereocenters. The molecule has 1 aromatic heterocycles. The van der Waals surface area contributed by atoms with Gasteiger partial charge in [-0.2, -0.15) is 0 Å². The van der Waals surface area contributed by atoms with E-state index in [0.29, 0.717) is 11.0 Å². The fourth-order valence-electron chi connectivity index (χ4n) is 2.12. The van der Waals surface area contributed by atoms with E-state index < -0.39 is 17.1 Å². The van der Waals surface area contributed by atoms with Crippen molar-refractivity contribution in [3.63, 3.8) is 0 Å². The molecule has 0 saturated heterocycles. The third kappa shape index (κ3) is 2.35. The predicted octanol–water partition coefficient (Wildman–Crippen LogP) is 0.595. The Kier molecular flexibility index (Phi) is 3.71. The van der Waals surface area contributed by atoms with Crippen LogP contribution in [0.5, 0.6) is 0 Å². The first-order chi connectivity index (χ1) is 9.45. The van der Waals surface area contributed by atoms with Crippen molar-refractivity contribution in [3.05, 3.63) is 44.5 Å². The van der Waals surface area contributed by atoms with E-state index in [1.165, 1.54) is 29.9 Å². The first-order valence-electron chi connectivity index (χ1n) is 5.96. The fraction of sp³-hybridized carbons (Fsp3) is 0.308. The largest absolute Gasteiger partial charge is 0.478 e. The van der Waals surface area contributed by atoms with E-state index in [2.05, 4.69) is 4.98 Å². The number of fused-ring (bicyclic) bond motifs is 1. The number of nitrogens with zero attached hydrogens (tertiary/aromatic N) is 1. The number of carbonyl (C=O) groups is 1. The number of benzene rings is 1. The second-order valence-electron chi connectivity index (χ2n) is 4.47. The van der Waals surface area contributed by atoms with Gasteiger partial charge < -0.3 is 14.8 Å². The summed E-state index contributed by atoms with van der Waals surface area (Å²) in [4.78, 5) is 37.1. The van der Waals surface area contributed by atoms with Gasteiger partial charge in [-0.25, -0.2) is 4.79 Å². The lowest BCUT2D eigenvalue weighted by Gasteiger charge is -2.16. The zero-order valence-corrected chi connectivity index (χ0v) is 11.0. The summed E-state index contributed by atoms with van der Waals surface area (Å²) in [6, 6.07) is 3.81. The van der Waals surface area contributed by atoms with E-state index in [1.54, 1.807) is 6.92 Å². The van der Waals surface area contributed by atoms with Gasteiger partial charge in [-0.05, 0) is 25.1 Å². The minimum Gasteiger partial charge on any atom is -0.478 e.